The second kappa shape index (κ2) is 9.14. The van der Waals surface area contributed by atoms with Gasteiger partial charge in [0.05, 0.1) is 23.5 Å². The maximum Gasteiger partial charge on any atom is 0.247 e. The van der Waals surface area contributed by atoms with Gasteiger partial charge in [0, 0.05) is 12.2 Å². The summed E-state index contributed by atoms with van der Waals surface area (Å²) in [6.45, 7) is 4.54. The number of fused-ring (bicyclic) bond motifs is 3. The summed E-state index contributed by atoms with van der Waals surface area (Å²) in [5.41, 5.74) is 4.62. The Morgan fingerprint density at radius 1 is 0.971 bits per heavy atom. The molecule has 0 unspecified atom stereocenters. The highest BCUT2D eigenvalue weighted by Crippen LogP contribution is 2.37. The van der Waals surface area contributed by atoms with Gasteiger partial charge >= 0.3 is 0 Å². The van der Waals surface area contributed by atoms with Gasteiger partial charge in [-0.3, -0.25) is 9.59 Å². The van der Waals surface area contributed by atoms with E-state index in [2.05, 4.69) is 12.2 Å². The number of nitrogens with one attached hydrogen (secondary N) is 1. The highest BCUT2D eigenvalue weighted by molar-refractivity contribution is 5.96. The fourth-order valence-corrected chi connectivity index (χ4v) is 4.82. The lowest BCUT2D eigenvalue weighted by Crippen LogP contribution is -2.45. The molecule has 4 aromatic rings. The molecule has 172 valence electrons. The van der Waals surface area contributed by atoms with E-state index >= 15 is 0 Å². The highest BCUT2D eigenvalue weighted by atomic mass is 16.2. The minimum atomic E-state index is -0.656. The van der Waals surface area contributed by atoms with Crippen molar-refractivity contribution in [2.45, 2.75) is 45.3 Å². The summed E-state index contributed by atoms with van der Waals surface area (Å²) < 4.78 is 1.97. The van der Waals surface area contributed by atoms with Gasteiger partial charge in [-0.25, -0.2) is 4.98 Å². The van der Waals surface area contributed by atoms with Crippen LogP contribution in [0.5, 0.6) is 0 Å². The number of benzene rings is 3. The lowest BCUT2D eigenvalue weighted by Gasteiger charge is -2.38. The van der Waals surface area contributed by atoms with Crippen molar-refractivity contribution in [3.63, 3.8) is 0 Å². The Kier molecular flexibility index (Phi) is 5.88. The molecule has 1 aliphatic heterocycles. The summed E-state index contributed by atoms with van der Waals surface area (Å²) in [7, 11) is 0. The van der Waals surface area contributed by atoms with Gasteiger partial charge in [0.25, 0.3) is 0 Å². The van der Waals surface area contributed by atoms with Crippen LogP contribution in [0.4, 0.5) is 5.69 Å². The van der Waals surface area contributed by atoms with Crippen molar-refractivity contribution in [3.05, 3.63) is 95.8 Å². The molecule has 0 radical (unpaired) electrons. The van der Waals surface area contributed by atoms with Crippen LogP contribution in [0.25, 0.3) is 11.0 Å². The molecule has 0 spiro atoms. The summed E-state index contributed by atoms with van der Waals surface area (Å²) in [5, 5.41) is 3.03. The number of carbonyl (C=O) groups excluding carboxylic acids is 2. The van der Waals surface area contributed by atoms with Gasteiger partial charge in [-0.05, 0) is 42.7 Å². The zero-order valence-corrected chi connectivity index (χ0v) is 19.4. The van der Waals surface area contributed by atoms with E-state index in [4.69, 9.17) is 4.98 Å². The molecule has 0 saturated heterocycles. The number of hydrogen-bond acceptors (Lipinski definition) is 3. The molecule has 1 aromatic heterocycles. The van der Waals surface area contributed by atoms with Crippen LogP contribution in [0, 0.1) is 0 Å². The summed E-state index contributed by atoms with van der Waals surface area (Å²) in [4.78, 5) is 33.8. The van der Waals surface area contributed by atoms with Crippen molar-refractivity contribution in [3.8, 4) is 0 Å². The van der Waals surface area contributed by atoms with E-state index in [0.717, 1.165) is 40.1 Å². The Morgan fingerprint density at radius 3 is 2.47 bits per heavy atom. The van der Waals surface area contributed by atoms with Gasteiger partial charge in [0.1, 0.15) is 11.9 Å². The van der Waals surface area contributed by atoms with E-state index in [0.29, 0.717) is 6.54 Å². The van der Waals surface area contributed by atoms with Gasteiger partial charge < -0.3 is 14.8 Å². The lowest BCUT2D eigenvalue weighted by molar-refractivity contribution is -0.142. The molecule has 1 N–H and O–H groups in total. The molecular weight excluding hydrogens is 424 g/mol. The van der Waals surface area contributed by atoms with Crippen molar-refractivity contribution in [2.24, 2.45) is 0 Å². The number of hydrogen-bond donors (Lipinski definition) is 1. The van der Waals surface area contributed by atoms with Gasteiger partial charge in [-0.15, -0.1) is 0 Å². The number of amides is 2. The van der Waals surface area contributed by atoms with Gasteiger partial charge in [-0.1, -0.05) is 67.6 Å². The van der Waals surface area contributed by atoms with Crippen LogP contribution in [-0.2, 0) is 22.6 Å². The van der Waals surface area contributed by atoms with Gasteiger partial charge in [0.2, 0.25) is 11.8 Å². The van der Waals surface area contributed by atoms with Gasteiger partial charge in [0.15, 0.2) is 0 Å². The molecule has 5 rings (SSSR count). The maximum absolute atomic E-state index is 13.9. The van der Waals surface area contributed by atoms with Crippen LogP contribution in [-0.4, -0.2) is 26.3 Å². The monoisotopic (exact) mass is 452 g/mol. The molecule has 1 aliphatic rings. The number of aromatic nitrogens is 2. The number of carbonyl (C=O) groups is 2. The topological polar surface area (TPSA) is 67.2 Å². The Labute approximate surface area is 199 Å². The Hall–Kier alpha value is -3.93. The second-order valence-electron chi connectivity index (χ2n) is 8.74. The molecule has 6 nitrogen and oxygen atoms in total. The zero-order valence-electron chi connectivity index (χ0n) is 19.4. The Bertz CT molecular complexity index is 1350. The first kappa shape index (κ1) is 21.9. The fraction of sp³-hybridized carbons (Fsp3) is 0.250. The standard InChI is InChI=1S/C28H28N4O2/c1-3-21-13-7-8-14-22(21)29-26(33)17-25-28(34)31(18-20-11-5-4-6-12-20)19(2)27-30-23-15-9-10-16-24(23)32(25)27/h4-16,19,25H,3,17-18H2,1-2H3,(H,29,33)/t19-,25-/m0/s1. The van der Waals surface area contributed by atoms with E-state index in [-0.39, 0.29) is 24.3 Å². The molecule has 2 amide bonds. The van der Waals surface area contributed by atoms with Gasteiger partial charge in [-0.2, -0.15) is 0 Å². The molecule has 34 heavy (non-hydrogen) atoms. The predicted molar refractivity (Wildman–Crippen MR) is 133 cm³/mol. The Balaban J connectivity index is 1.51. The van der Waals surface area contributed by atoms with Crippen LogP contribution >= 0.6 is 0 Å². The first-order valence-electron chi connectivity index (χ1n) is 11.8. The average Bonchev–Trinajstić information content (AvgIpc) is 3.25. The summed E-state index contributed by atoms with van der Waals surface area (Å²) in [5.74, 6) is 0.562. The first-order chi connectivity index (χ1) is 16.6. The number of aryl methyl sites for hydroxylation is 1. The van der Waals surface area contributed by atoms with E-state index in [1.807, 2.05) is 95.3 Å². The smallest absolute Gasteiger partial charge is 0.247 e. The molecule has 0 aliphatic carbocycles. The second-order valence-corrected chi connectivity index (χ2v) is 8.74. The molecule has 6 heteroatoms. The molecule has 0 fully saturated rings. The average molecular weight is 453 g/mol. The van der Waals surface area contributed by atoms with Crippen molar-refractivity contribution in [1.29, 1.82) is 0 Å². The molecule has 2 heterocycles. The molecule has 2 atom stereocenters. The summed E-state index contributed by atoms with van der Waals surface area (Å²) in [6.07, 6.45) is 0.861. The number of imidazole rings is 1. The third-order valence-corrected chi connectivity index (χ3v) is 6.59. The minimum absolute atomic E-state index is 0.0439. The third-order valence-electron chi connectivity index (χ3n) is 6.59. The van der Waals surface area contributed by atoms with E-state index in [9.17, 15) is 9.59 Å². The first-order valence-corrected chi connectivity index (χ1v) is 11.8. The number of anilines is 1. The highest BCUT2D eigenvalue weighted by Gasteiger charge is 2.40. The van der Waals surface area contributed by atoms with Crippen molar-refractivity contribution in [2.75, 3.05) is 5.32 Å². The van der Waals surface area contributed by atoms with E-state index in [1.54, 1.807) is 0 Å². The third kappa shape index (κ3) is 3.96. The number of nitrogens with zero attached hydrogens (tertiary/aromatic N) is 3. The molecule has 3 aromatic carbocycles. The zero-order chi connectivity index (χ0) is 23.7. The summed E-state index contributed by atoms with van der Waals surface area (Å²) >= 11 is 0. The largest absolute Gasteiger partial charge is 0.327 e. The number of para-hydroxylation sites is 3. The lowest BCUT2D eigenvalue weighted by atomic mass is 10.0. The molecule has 0 bridgehead atoms. The van der Waals surface area contributed by atoms with Crippen LogP contribution < -0.4 is 5.32 Å². The minimum Gasteiger partial charge on any atom is -0.327 e. The number of rotatable bonds is 6. The van der Waals surface area contributed by atoms with Crippen LogP contribution in [0.15, 0.2) is 78.9 Å². The summed E-state index contributed by atoms with van der Waals surface area (Å²) in [6, 6.07) is 24.7. The maximum atomic E-state index is 13.9. The predicted octanol–water partition coefficient (Wildman–Crippen LogP) is 5.27. The normalized spacial score (nSPS) is 17.6. The van der Waals surface area contributed by atoms with Crippen LogP contribution in [0.1, 0.15) is 49.3 Å². The fourth-order valence-electron chi connectivity index (χ4n) is 4.82. The SMILES string of the molecule is CCc1ccccc1NC(=O)C[C@H]1C(=O)N(Cc2ccccc2)[C@@H](C)c2nc3ccccc3n21. The van der Waals surface area contributed by atoms with Crippen LogP contribution in [0.2, 0.25) is 0 Å². The van der Waals surface area contributed by atoms with E-state index in [1.165, 1.54) is 0 Å². The quantitative estimate of drug-likeness (QED) is 0.433. The van der Waals surface area contributed by atoms with Crippen molar-refractivity contribution >= 4 is 28.5 Å². The Morgan fingerprint density at radius 2 is 1.68 bits per heavy atom. The molecular formula is C28H28N4O2. The van der Waals surface area contributed by atoms with Crippen molar-refractivity contribution < 1.29 is 9.59 Å². The van der Waals surface area contributed by atoms with Crippen molar-refractivity contribution in [1.82, 2.24) is 14.5 Å². The van der Waals surface area contributed by atoms with E-state index < -0.39 is 6.04 Å². The van der Waals surface area contributed by atoms with Crippen LogP contribution in [0.3, 0.4) is 0 Å². The molecule has 0 saturated carbocycles.